The zero-order valence-electron chi connectivity index (χ0n) is 31.0. The third-order valence-electron chi connectivity index (χ3n) is 11.1. The van der Waals surface area contributed by atoms with Crippen LogP contribution >= 0.6 is 22.7 Å². The molecule has 0 aliphatic carbocycles. The number of hydrogen-bond donors (Lipinski definition) is 0. The fraction of sp³-hybridized carbons (Fsp3) is 0. The summed E-state index contributed by atoms with van der Waals surface area (Å²) in [6.45, 7) is 0. The van der Waals surface area contributed by atoms with Gasteiger partial charge in [-0.2, -0.15) is 0 Å². The van der Waals surface area contributed by atoms with Crippen molar-refractivity contribution >= 4 is 80.1 Å². The van der Waals surface area contributed by atoms with Gasteiger partial charge in [-0.05, 0) is 81.4 Å². The van der Waals surface area contributed by atoms with Crippen LogP contribution in [0.1, 0.15) is 0 Å². The number of thiophene rings is 2. The van der Waals surface area contributed by atoms with E-state index in [1.165, 1.54) is 90.5 Å². The lowest BCUT2D eigenvalue weighted by atomic mass is 9.97. The summed E-state index contributed by atoms with van der Waals surface area (Å²) in [5.74, 6) is 0. The molecule has 0 saturated heterocycles. The van der Waals surface area contributed by atoms with Crippen molar-refractivity contribution in [3.63, 3.8) is 0 Å². The third kappa shape index (κ3) is 5.91. The fourth-order valence-electron chi connectivity index (χ4n) is 8.33. The summed E-state index contributed by atoms with van der Waals surface area (Å²) in [5, 5.41) is 5.20. The Morgan fingerprint density at radius 2 is 0.737 bits per heavy atom. The highest BCUT2D eigenvalue weighted by Crippen LogP contribution is 2.50. The molecule has 0 spiro atoms. The number of rotatable bonds is 7. The number of fused-ring (bicyclic) bond motifs is 6. The second kappa shape index (κ2) is 14.1. The number of nitrogens with zero attached hydrogens (tertiary/aromatic N) is 1. The maximum absolute atomic E-state index is 2.48. The van der Waals surface area contributed by atoms with E-state index in [2.05, 4.69) is 217 Å². The van der Waals surface area contributed by atoms with Gasteiger partial charge in [0, 0.05) is 52.6 Å². The summed E-state index contributed by atoms with van der Waals surface area (Å²) >= 11 is 3.76. The Morgan fingerprint density at radius 1 is 0.281 bits per heavy atom. The van der Waals surface area contributed by atoms with Crippen LogP contribution in [0.3, 0.4) is 0 Å². The molecule has 0 unspecified atom stereocenters. The Bertz CT molecular complexity index is 3210. The van der Waals surface area contributed by atoms with Gasteiger partial charge in [-0.25, -0.2) is 0 Å². The molecular formula is C54H35NS2. The standard InChI is InChI=1S/C54H35NS2/c1-3-13-36(14-4-1)40-17-11-18-41(35-40)37-25-29-42(30-26-37)55(43-31-27-39(28-32-43)45-21-12-22-48-46-19-7-9-23-50(46)56-53(45)48)52-44(38-15-5-2-6-16-38)33-34-49-47-20-8-10-24-51(47)57-54(49)52/h1-35H. The van der Waals surface area contributed by atoms with Crippen molar-refractivity contribution in [2.75, 3.05) is 4.90 Å². The van der Waals surface area contributed by atoms with E-state index in [0.29, 0.717) is 0 Å². The van der Waals surface area contributed by atoms with E-state index < -0.39 is 0 Å². The van der Waals surface area contributed by atoms with Gasteiger partial charge in [-0.3, -0.25) is 0 Å². The number of anilines is 3. The van der Waals surface area contributed by atoms with Crippen LogP contribution in [0.5, 0.6) is 0 Å². The van der Waals surface area contributed by atoms with Crippen LogP contribution in [0.15, 0.2) is 212 Å². The average molecular weight is 762 g/mol. The predicted molar refractivity (Wildman–Crippen MR) is 249 cm³/mol. The number of hydrogen-bond acceptors (Lipinski definition) is 3. The highest BCUT2D eigenvalue weighted by molar-refractivity contribution is 7.26. The second-order valence-corrected chi connectivity index (χ2v) is 16.6. The van der Waals surface area contributed by atoms with Gasteiger partial charge in [0.15, 0.2) is 0 Å². The predicted octanol–water partition coefficient (Wildman–Crippen LogP) is 16.6. The van der Waals surface area contributed by atoms with Crippen LogP contribution in [-0.4, -0.2) is 0 Å². The van der Waals surface area contributed by atoms with Crippen LogP contribution in [0.25, 0.3) is 84.9 Å². The summed E-state index contributed by atoms with van der Waals surface area (Å²) in [7, 11) is 0. The molecule has 268 valence electrons. The summed E-state index contributed by atoms with van der Waals surface area (Å²) in [6, 6.07) is 77.6. The first-order valence-corrected chi connectivity index (χ1v) is 21.0. The second-order valence-electron chi connectivity index (χ2n) is 14.5. The topological polar surface area (TPSA) is 3.24 Å². The van der Waals surface area contributed by atoms with Crippen molar-refractivity contribution < 1.29 is 0 Å². The van der Waals surface area contributed by atoms with Crippen LogP contribution in [0, 0.1) is 0 Å². The molecule has 3 heteroatoms. The molecule has 0 aliphatic heterocycles. The van der Waals surface area contributed by atoms with E-state index in [-0.39, 0.29) is 0 Å². The largest absolute Gasteiger partial charge is 0.308 e. The minimum atomic E-state index is 1.11. The summed E-state index contributed by atoms with van der Waals surface area (Å²) < 4.78 is 5.22. The molecule has 0 bridgehead atoms. The molecule has 57 heavy (non-hydrogen) atoms. The average Bonchev–Trinajstić information content (AvgIpc) is 3.87. The van der Waals surface area contributed by atoms with Crippen LogP contribution in [0.2, 0.25) is 0 Å². The normalized spacial score (nSPS) is 11.5. The minimum Gasteiger partial charge on any atom is -0.308 e. The van der Waals surface area contributed by atoms with E-state index in [9.17, 15) is 0 Å². The molecule has 0 fully saturated rings. The Kier molecular flexibility index (Phi) is 8.28. The molecule has 11 rings (SSSR count). The van der Waals surface area contributed by atoms with E-state index in [1.54, 1.807) is 0 Å². The van der Waals surface area contributed by atoms with Crippen molar-refractivity contribution in [2.45, 2.75) is 0 Å². The minimum absolute atomic E-state index is 1.11. The smallest absolute Gasteiger partial charge is 0.0718 e. The summed E-state index contributed by atoms with van der Waals surface area (Å²) in [5.41, 5.74) is 13.1. The van der Waals surface area contributed by atoms with Gasteiger partial charge in [0.05, 0.1) is 10.4 Å². The van der Waals surface area contributed by atoms with Gasteiger partial charge < -0.3 is 4.90 Å². The molecule has 0 N–H and O–H groups in total. The SMILES string of the molecule is c1ccc(-c2cccc(-c3ccc(N(c4ccc(-c5cccc6c5sc5ccccc56)cc4)c4c(-c5ccccc5)ccc5c4sc4ccccc45)cc3)c2)cc1. The van der Waals surface area contributed by atoms with Gasteiger partial charge >= 0.3 is 0 Å². The molecule has 11 aromatic rings. The fourth-order valence-corrected chi connectivity index (χ4v) is 10.8. The van der Waals surface area contributed by atoms with Crippen molar-refractivity contribution in [1.82, 2.24) is 0 Å². The Hall–Kier alpha value is -6.78. The van der Waals surface area contributed by atoms with Gasteiger partial charge in [0.2, 0.25) is 0 Å². The molecule has 1 nitrogen and oxygen atoms in total. The molecule has 0 amide bonds. The highest BCUT2D eigenvalue weighted by atomic mass is 32.1. The van der Waals surface area contributed by atoms with Crippen LogP contribution in [0.4, 0.5) is 17.1 Å². The maximum Gasteiger partial charge on any atom is 0.0718 e. The first-order chi connectivity index (χ1) is 28.3. The van der Waals surface area contributed by atoms with Gasteiger partial charge in [0.1, 0.15) is 0 Å². The van der Waals surface area contributed by atoms with Crippen molar-refractivity contribution in [2.24, 2.45) is 0 Å². The van der Waals surface area contributed by atoms with Gasteiger partial charge in [-0.15, -0.1) is 22.7 Å². The zero-order valence-corrected chi connectivity index (χ0v) is 32.6. The lowest BCUT2D eigenvalue weighted by molar-refractivity contribution is 1.30. The van der Waals surface area contributed by atoms with Crippen molar-refractivity contribution in [3.05, 3.63) is 212 Å². The number of benzene rings is 9. The quantitative estimate of drug-likeness (QED) is 0.156. The van der Waals surface area contributed by atoms with Crippen molar-refractivity contribution in [3.8, 4) is 44.5 Å². The van der Waals surface area contributed by atoms with Crippen molar-refractivity contribution in [1.29, 1.82) is 0 Å². The van der Waals surface area contributed by atoms with E-state index in [1.807, 2.05) is 22.7 Å². The molecule has 0 aliphatic rings. The molecule has 2 heterocycles. The van der Waals surface area contributed by atoms with Gasteiger partial charge in [0.25, 0.3) is 0 Å². The first-order valence-electron chi connectivity index (χ1n) is 19.3. The molecular weight excluding hydrogens is 727 g/mol. The first kappa shape index (κ1) is 33.5. The van der Waals surface area contributed by atoms with Gasteiger partial charge in [-0.1, -0.05) is 170 Å². The Balaban J connectivity index is 1.10. The van der Waals surface area contributed by atoms with E-state index in [0.717, 1.165) is 11.4 Å². The molecule has 9 aromatic carbocycles. The lowest BCUT2D eigenvalue weighted by Gasteiger charge is -2.29. The molecule has 0 radical (unpaired) electrons. The zero-order chi connectivity index (χ0) is 37.7. The molecule has 0 saturated carbocycles. The lowest BCUT2D eigenvalue weighted by Crippen LogP contribution is -2.11. The van der Waals surface area contributed by atoms with Crippen LogP contribution < -0.4 is 4.90 Å². The summed E-state index contributed by atoms with van der Waals surface area (Å²) in [4.78, 5) is 2.48. The third-order valence-corrected chi connectivity index (χ3v) is 13.5. The Labute approximate surface area is 340 Å². The van der Waals surface area contributed by atoms with Crippen LogP contribution in [-0.2, 0) is 0 Å². The summed E-state index contributed by atoms with van der Waals surface area (Å²) in [6.07, 6.45) is 0. The Morgan fingerprint density at radius 3 is 1.39 bits per heavy atom. The highest BCUT2D eigenvalue weighted by Gasteiger charge is 2.23. The molecule has 0 atom stereocenters. The van der Waals surface area contributed by atoms with E-state index >= 15 is 0 Å². The molecule has 2 aromatic heterocycles. The van der Waals surface area contributed by atoms with E-state index in [4.69, 9.17) is 0 Å². The monoisotopic (exact) mass is 761 g/mol. The maximum atomic E-state index is 2.48.